The maximum Gasteiger partial charge on any atom is 0.133 e. The lowest BCUT2D eigenvalue weighted by Crippen LogP contribution is -1.93. The molecule has 14 heavy (non-hydrogen) atoms. The summed E-state index contributed by atoms with van der Waals surface area (Å²) >= 11 is 0. The van der Waals surface area contributed by atoms with E-state index >= 15 is 0 Å². The standard InChI is InChI=1S/C9H11N5/c1-7-8(5-14(2)13-7)12-9-3-4-10-6-11-9/h3-6H,1-2H3,(H,10,11,12). The van der Waals surface area contributed by atoms with Gasteiger partial charge in [0.05, 0.1) is 11.4 Å². The molecule has 0 aliphatic heterocycles. The first-order valence-electron chi connectivity index (χ1n) is 4.29. The normalized spacial score (nSPS) is 10.1. The van der Waals surface area contributed by atoms with Crippen molar-refractivity contribution in [1.82, 2.24) is 19.7 Å². The number of nitrogens with zero attached hydrogens (tertiary/aromatic N) is 4. The van der Waals surface area contributed by atoms with Crippen LogP contribution in [0.25, 0.3) is 0 Å². The Labute approximate surface area is 81.8 Å². The fraction of sp³-hybridized carbons (Fsp3) is 0.222. The average molecular weight is 189 g/mol. The topological polar surface area (TPSA) is 55.6 Å². The summed E-state index contributed by atoms with van der Waals surface area (Å²) in [6.45, 7) is 1.95. The quantitative estimate of drug-likeness (QED) is 0.772. The van der Waals surface area contributed by atoms with Crippen LogP contribution in [0.2, 0.25) is 0 Å². The van der Waals surface area contributed by atoms with Crippen molar-refractivity contribution in [1.29, 1.82) is 0 Å². The number of hydrogen-bond acceptors (Lipinski definition) is 4. The first-order valence-corrected chi connectivity index (χ1v) is 4.29. The maximum absolute atomic E-state index is 4.22. The Morgan fingerprint density at radius 2 is 2.29 bits per heavy atom. The van der Waals surface area contributed by atoms with Gasteiger partial charge in [0, 0.05) is 19.4 Å². The predicted molar refractivity (Wildman–Crippen MR) is 53.3 cm³/mol. The highest BCUT2D eigenvalue weighted by Crippen LogP contribution is 2.16. The minimum atomic E-state index is 0.774. The smallest absolute Gasteiger partial charge is 0.133 e. The summed E-state index contributed by atoms with van der Waals surface area (Å²) in [4.78, 5) is 7.91. The molecule has 0 unspecified atom stereocenters. The third-order valence-corrected chi connectivity index (χ3v) is 1.86. The van der Waals surface area contributed by atoms with E-state index < -0.39 is 0 Å². The Morgan fingerprint density at radius 1 is 1.43 bits per heavy atom. The zero-order chi connectivity index (χ0) is 9.97. The SMILES string of the molecule is Cc1nn(C)cc1Nc1ccncn1. The summed E-state index contributed by atoms with van der Waals surface area (Å²) in [6, 6.07) is 1.81. The largest absolute Gasteiger partial charge is 0.337 e. The van der Waals surface area contributed by atoms with Gasteiger partial charge in [0.25, 0.3) is 0 Å². The average Bonchev–Trinajstić information content (AvgIpc) is 2.47. The molecule has 2 heterocycles. The molecule has 1 N–H and O–H groups in total. The molecule has 0 fully saturated rings. The monoisotopic (exact) mass is 189 g/mol. The Hall–Kier alpha value is -1.91. The van der Waals surface area contributed by atoms with Crippen LogP contribution in [0.5, 0.6) is 0 Å². The van der Waals surface area contributed by atoms with Crippen LogP contribution in [0.4, 0.5) is 11.5 Å². The van der Waals surface area contributed by atoms with Crippen molar-refractivity contribution in [3.8, 4) is 0 Å². The summed E-state index contributed by atoms with van der Waals surface area (Å²) < 4.78 is 1.76. The number of aromatic nitrogens is 4. The Balaban J connectivity index is 2.23. The number of hydrogen-bond donors (Lipinski definition) is 1. The predicted octanol–water partition coefficient (Wildman–Crippen LogP) is 1.26. The molecule has 0 atom stereocenters. The Morgan fingerprint density at radius 3 is 2.86 bits per heavy atom. The fourth-order valence-corrected chi connectivity index (χ4v) is 1.22. The zero-order valence-electron chi connectivity index (χ0n) is 8.10. The lowest BCUT2D eigenvalue weighted by Gasteiger charge is -2.01. The second kappa shape index (κ2) is 3.45. The lowest BCUT2D eigenvalue weighted by molar-refractivity contribution is 0.756. The highest BCUT2D eigenvalue weighted by atomic mass is 15.3. The molecule has 0 saturated heterocycles. The van der Waals surface area contributed by atoms with E-state index in [1.54, 1.807) is 10.9 Å². The van der Waals surface area contributed by atoms with E-state index in [0.717, 1.165) is 17.2 Å². The van der Waals surface area contributed by atoms with Gasteiger partial charge in [0.15, 0.2) is 0 Å². The second-order valence-electron chi connectivity index (χ2n) is 3.02. The van der Waals surface area contributed by atoms with Crippen LogP contribution in [0, 0.1) is 6.92 Å². The highest BCUT2D eigenvalue weighted by molar-refractivity contribution is 5.56. The lowest BCUT2D eigenvalue weighted by atomic mass is 10.4. The molecule has 0 amide bonds. The van der Waals surface area contributed by atoms with Gasteiger partial charge >= 0.3 is 0 Å². The molecule has 5 heteroatoms. The molecule has 0 aliphatic rings. The van der Waals surface area contributed by atoms with Gasteiger partial charge in [-0.05, 0) is 13.0 Å². The van der Waals surface area contributed by atoms with Crippen molar-refractivity contribution in [2.75, 3.05) is 5.32 Å². The molecule has 0 radical (unpaired) electrons. The summed E-state index contributed by atoms with van der Waals surface area (Å²) in [7, 11) is 1.89. The third kappa shape index (κ3) is 1.71. The van der Waals surface area contributed by atoms with E-state index in [2.05, 4.69) is 20.4 Å². The third-order valence-electron chi connectivity index (χ3n) is 1.86. The van der Waals surface area contributed by atoms with Crippen molar-refractivity contribution < 1.29 is 0 Å². The van der Waals surface area contributed by atoms with Gasteiger partial charge in [0.1, 0.15) is 12.1 Å². The fourth-order valence-electron chi connectivity index (χ4n) is 1.22. The van der Waals surface area contributed by atoms with E-state index in [0.29, 0.717) is 0 Å². The van der Waals surface area contributed by atoms with E-state index in [1.165, 1.54) is 6.33 Å². The summed E-state index contributed by atoms with van der Waals surface area (Å²) in [5.41, 5.74) is 1.91. The minimum absolute atomic E-state index is 0.774. The molecule has 0 aliphatic carbocycles. The van der Waals surface area contributed by atoms with Crippen LogP contribution in [-0.2, 0) is 7.05 Å². The second-order valence-corrected chi connectivity index (χ2v) is 3.02. The molecule has 2 aromatic rings. The van der Waals surface area contributed by atoms with Crippen molar-refractivity contribution in [2.45, 2.75) is 6.92 Å². The first kappa shape index (κ1) is 8.68. The van der Waals surface area contributed by atoms with Crippen LogP contribution in [0.15, 0.2) is 24.8 Å². The van der Waals surface area contributed by atoms with Crippen molar-refractivity contribution >= 4 is 11.5 Å². The molecule has 5 nitrogen and oxygen atoms in total. The summed E-state index contributed by atoms with van der Waals surface area (Å²) in [6.07, 6.45) is 5.12. The number of nitrogens with one attached hydrogen (secondary N) is 1. The molecule has 2 aromatic heterocycles. The van der Waals surface area contributed by atoms with Gasteiger partial charge in [0.2, 0.25) is 0 Å². The maximum atomic E-state index is 4.22. The summed E-state index contributed by atoms with van der Waals surface area (Å²) in [5.74, 6) is 0.774. The van der Waals surface area contributed by atoms with Gasteiger partial charge < -0.3 is 5.32 Å². The number of rotatable bonds is 2. The van der Waals surface area contributed by atoms with Crippen LogP contribution in [0.3, 0.4) is 0 Å². The van der Waals surface area contributed by atoms with Gasteiger partial charge in [-0.2, -0.15) is 5.10 Å². The van der Waals surface area contributed by atoms with E-state index in [1.807, 2.05) is 26.2 Å². The zero-order valence-corrected chi connectivity index (χ0v) is 8.10. The molecule has 0 spiro atoms. The van der Waals surface area contributed by atoms with E-state index in [4.69, 9.17) is 0 Å². The summed E-state index contributed by atoms with van der Waals surface area (Å²) in [5, 5.41) is 7.38. The van der Waals surface area contributed by atoms with Crippen LogP contribution in [-0.4, -0.2) is 19.7 Å². The van der Waals surface area contributed by atoms with Crippen molar-refractivity contribution in [2.24, 2.45) is 7.05 Å². The van der Waals surface area contributed by atoms with Crippen LogP contribution >= 0.6 is 0 Å². The Bertz CT molecular complexity index is 420. The molecule has 2 rings (SSSR count). The van der Waals surface area contributed by atoms with E-state index in [9.17, 15) is 0 Å². The van der Waals surface area contributed by atoms with Crippen molar-refractivity contribution in [3.63, 3.8) is 0 Å². The molecular weight excluding hydrogens is 178 g/mol. The minimum Gasteiger partial charge on any atom is -0.337 e. The van der Waals surface area contributed by atoms with Crippen LogP contribution in [0.1, 0.15) is 5.69 Å². The van der Waals surface area contributed by atoms with Gasteiger partial charge in [-0.25, -0.2) is 9.97 Å². The Kier molecular flexibility index (Phi) is 2.14. The molecule has 0 saturated carbocycles. The van der Waals surface area contributed by atoms with Gasteiger partial charge in [-0.3, -0.25) is 4.68 Å². The van der Waals surface area contributed by atoms with Gasteiger partial charge in [-0.1, -0.05) is 0 Å². The van der Waals surface area contributed by atoms with E-state index in [-0.39, 0.29) is 0 Å². The van der Waals surface area contributed by atoms with Crippen LogP contribution < -0.4 is 5.32 Å². The van der Waals surface area contributed by atoms with Crippen molar-refractivity contribution in [3.05, 3.63) is 30.5 Å². The molecule has 72 valence electrons. The highest BCUT2D eigenvalue weighted by Gasteiger charge is 2.02. The number of aryl methyl sites for hydroxylation is 2. The molecule has 0 aromatic carbocycles. The first-order chi connectivity index (χ1) is 6.75. The number of anilines is 2. The van der Waals surface area contributed by atoms with Gasteiger partial charge in [-0.15, -0.1) is 0 Å². The molecule has 0 bridgehead atoms. The molecular formula is C9H11N5.